The summed E-state index contributed by atoms with van der Waals surface area (Å²) in [7, 11) is -3.49. The third-order valence-electron chi connectivity index (χ3n) is 3.75. The van der Waals surface area contributed by atoms with E-state index in [2.05, 4.69) is 10.3 Å². The highest BCUT2D eigenvalue weighted by molar-refractivity contribution is 7.89. The topological polar surface area (TPSA) is 61.8 Å². The fourth-order valence-corrected chi connectivity index (χ4v) is 4.12. The van der Waals surface area contributed by atoms with E-state index in [-0.39, 0.29) is 10.9 Å². The molecule has 122 valence electrons. The Morgan fingerprint density at radius 3 is 2.73 bits per heavy atom. The van der Waals surface area contributed by atoms with Gasteiger partial charge >= 0.3 is 0 Å². The molecule has 22 heavy (non-hydrogen) atoms. The van der Waals surface area contributed by atoms with Crippen molar-refractivity contribution in [3.63, 3.8) is 0 Å². The summed E-state index contributed by atoms with van der Waals surface area (Å²) in [6, 6.07) is 4.90. The average molecular weight is 344 g/mol. The van der Waals surface area contributed by atoms with Crippen LogP contribution in [0.15, 0.2) is 28.1 Å². The maximum absolute atomic E-state index is 12.5. The van der Waals surface area contributed by atoms with Crippen molar-refractivity contribution in [1.82, 2.24) is 9.62 Å². The first-order chi connectivity index (χ1) is 10.5. The third-order valence-corrected chi connectivity index (χ3v) is 6.12. The molecule has 0 bridgehead atoms. The Kier molecular flexibility index (Phi) is 5.97. The number of hydrogen-bond donors (Lipinski definition) is 1. The Bertz CT molecular complexity index is 636. The van der Waals surface area contributed by atoms with Crippen LogP contribution in [0.2, 0.25) is 5.02 Å². The summed E-state index contributed by atoms with van der Waals surface area (Å²) in [4.78, 5) is 4.60. The first kappa shape index (κ1) is 17.4. The van der Waals surface area contributed by atoms with E-state index >= 15 is 0 Å². The summed E-state index contributed by atoms with van der Waals surface area (Å²) >= 11 is 6.14. The van der Waals surface area contributed by atoms with E-state index in [0.29, 0.717) is 23.8 Å². The molecule has 0 amide bonds. The van der Waals surface area contributed by atoms with Crippen molar-refractivity contribution in [3.05, 3.63) is 23.2 Å². The first-order valence-corrected chi connectivity index (χ1v) is 9.38. The van der Waals surface area contributed by atoms with E-state index in [4.69, 9.17) is 11.6 Å². The largest absolute Gasteiger partial charge is 0.309 e. The molecule has 1 fully saturated rings. The molecule has 1 unspecified atom stereocenters. The van der Waals surface area contributed by atoms with E-state index in [9.17, 15) is 8.42 Å². The van der Waals surface area contributed by atoms with Gasteiger partial charge in [-0.1, -0.05) is 25.4 Å². The molecule has 1 aromatic carbocycles. The van der Waals surface area contributed by atoms with Crippen LogP contribution in [0.4, 0.5) is 5.69 Å². The second-order valence-corrected chi connectivity index (χ2v) is 7.53. The van der Waals surface area contributed by atoms with Gasteiger partial charge in [0.1, 0.15) is 0 Å². The maximum Gasteiger partial charge on any atom is 0.243 e. The van der Waals surface area contributed by atoms with Crippen molar-refractivity contribution in [2.45, 2.75) is 37.6 Å². The average Bonchev–Trinajstić information content (AvgIpc) is 3.00. The van der Waals surface area contributed by atoms with Gasteiger partial charge in [0.2, 0.25) is 10.0 Å². The molecule has 1 aliphatic rings. The molecule has 0 saturated carbocycles. The second kappa shape index (κ2) is 7.55. The van der Waals surface area contributed by atoms with Crippen LogP contribution in [0.25, 0.3) is 0 Å². The summed E-state index contributed by atoms with van der Waals surface area (Å²) in [6.07, 6.45) is 3.97. The molecule has 1 saturated heterocycles. The highest BCUT2D eigenvalue weighted by Crippen LogP contribution is 2.29. The van der Waals surface area contributed by atoms with Gasteiger partial charge in [-0.05, 0) is 37.6 Å². The first-order valence-electron chi connectivity index (χ1n) is 7.56. The highest BCUT2D eigenvalue weighted by atomic mass is 35.5. The minimum atomic E-state index is -3.49. The van der Waals surface area contributed by atoms with Gasteiger partial charge < -0.3 is 5.32 Å². The number of aliphatic imine (C=N–C) groups is 1. The number of nitrogens with zero attached hydrogens (tertiary/aromatic N) is 2. The molecular formula is C15H22ClN3O2S. The molecule has 2 rings (SSSR count). The zero-order chi connectivity index (χ0) is 16.2. The van der Waals surface area contributed by atoms with Crippen molar-refractivity contribution in [2.75, 3.05) is 19.6 Å². The van der Waals surface area contributed by atoms with Gasteiger partial charge in [0.05, 0.1) is 15.6 Å². The van der Waals surface area contributed by atoms with E-state index in [0.717, 1.165) is 19.4 Å². The molecule has 0 radical (unpaired) electrons. The lowest BCUT2D eigenvalue weighted by Crippen LogP contribution is -2.30. The molecule has 1 N–H and O–H groups in total. The molecule has 1 aliphatic heterocycles. The standard InChI is InChI=1S/C15H22ClN3O2S/c1-3-19(4-2)22(20,21)13-7-8-14(16)15(10-13)18-11-12-6-5-9-17-12/h7-8,10-12,17H,3-6,9H2,1-2H3. The molecule has 0 aliphatic carbocycles. The Morgan fingerprint density at radius 2 is 2.14 bits per heavy atom. The SMILES string of the molecule is CCN(CC)S(=O)(=O)c1ccc(Cl)c(N=CC2CCCN2)c1. The molecule has 1 heterocycles. The minimum absolute atomic E-state index is 0.229. The lowest BCUT2D eigenvalue weighted by Gasteiger charge is -2.18. The Labute approximate surface area is 137 Å². The van der Waals surface area contributed by atoms with Crippen molar-refractivity contribution in [2.24, 2.45) is 4.99 Å². The number of benzene rings is 1. The quantitative estimate of drug-likeness (QED) is 0.808. The van der Waals surface area contributed by atoms with Crippen LogP contribution in [0.5, 0.6) is 0 Å². The van der Waals surface area contributed by atoms with Crippen LogP contribution in [0.3, 0.4) is 0 Å². The lowest BCUT2D eigenvalue weighted by atomic mass is 10.2. The molecule has 1 atom stereocenters. The predicted molar refractivity (Wildman–Crippen MR) is 90.7 cm³/mol. The van der Waals surface area contributed by atoms with E-state index in [1.807, 2.05) is 20.1 Å². The van der Waals surface area contributed by atoms with E-state index in [1.165, 1.54) is 10.4 Å². The number of halogens is 1. The Balaban J connectivity index is 2.29. The Morgan fingerprint density at radius 1 is 1.41 bits per heavy atom. The third kappa shape index (κ3) is 3.87. The predicted octanol–water partition coefficient (Wildman–Crippen LogP) is 2.82. The van der Waals surface area contributed by atoms with Crippen molar-refractivity contribution < 1.29 is 8.42 Å². The molecule has 0 spiro atoms. The van der Waals surface area contributed by atoms with E-state index < -0.39 is 10.0 Å². The smallest absolute Gasteiger partial charge is 0.243 e. The summed E-state index contributed by atoms with van der Waals surface area (Å²) < 4.78 is 26.5. The van der Waals surface area contributed by atoms with Crippen LogP contribution in [-0.4, -0.2) is 44.6 Å². The van der Waals surface area contributed by atoms with Crippen LogP contribution in [0.1, 0.15) is 26.7 Å². The van der Waals surface area contributed by atoms with Crippen LogP contribution >= 0.6 is 11.6 Å². The van der Waals surface area contributed by atoms with E-state index in [1.54, 1.807) is 12.1 Å². The monoisotopic (exact) mass is 343 g/mol. The Hall–Kier alpha value is -0.950. The fraction of sp³-hybridized carbons (Fsp3) is 0.533. The highest BCUT2D eigenvalue weighted by Gasteiger charge is 2.22. The lowest BCUT2D eigenvalue weighted by molar-refractivity contribution is 0.445. The van der Waals surface area contributed by atoms with Crippen molar-refractivity contribution in [1.29, 1.82) is 0 Å². The zero-order valence-corrected chi connectivity index (χ0v) is 14.5. The fourth-order valence-electron chi connectivity index (χ4n) is 2.47. The molecular weight excluding hydrogens is 322 g/mol. The van der Waals surface area contributed by atoms with Gasteiger partial charge in [-0.2, -0.15) is 4.31 Å². The van der Waals surface area contributed by atoms with Gasteiger partial charge in [-0.15, -0.1) is 0 Å². The summed E-state index contributed by atoms with van der Waals surface area (Å²) in [5.41, 5.74) is 0.489. The van der Waals surface area contributed by atoms with Gasteiger partial charge in [0.25, 0.3) is 0 Å². The number of hydrogen-bond acceptors (Lipinski definition) is 4. The molecule has 5 nitrogen and oxygen atoms in total. The molecule has 7 heteroatoms. The van der Waals surface area contributed by atoms with Gasteiger partial charge in [-0.3, -0.25) is 4.99 Å². The zero-order valence-electron chi connectivity index (χ0n) is 12.9. The van der Waals surface area contributed by atoms with Crippen LogP contribution in [-0.2, 0) is 10.0 Å². The number of sulfonamides is 1. The normalized spacial score (nSPS) is 19.4. The van der Waals surface area contributed by atoms with Crippen molar-refractivity contribution >= 4 is 33.5 Å². The molecule has 1 aromatic rings. The second-order valence-electron chi connectivity index (χ2n) is 5.18. The van der Waals surface area contributed by atoms with Crippen LogP contribution in [0, 0.1) is 0 Å². The van der Waals surface area contributed by atoms with Gasteiger partial charge in [-0.25, -0.2) is 8.42 Å². The molecule has 0 aromatic heterocycles. The summed E-state index contributed by atoms with van der Waals surface area (Å²) in [5, 5.41) is 3.76. The maximum atomic E-state index is 12.5. The van der Waals surface area contributed by atoms with Gasteiger partial charge in [0.15, 0.2) is 0 Å². The van der Waals surface area contributed by atoms with Crippen LogP contribution < -0.4 is 5.32 Å². The number of rotatable bonds is 6. The van der Waals surface area contributed by atoms with Crippen molar-refractivity contribution in [3.8, 4) is 0 Å². The number of nitrogens with one attached hydrogen (secondary N) is 1. The summed E-state index contributed by atoms with van der Waals surface area (Å²) in [6.45, 7) is 5.50. The van der Waals surface area contributed by atoms with Gasteiger partial charge in [0, 0.05) is 25.3 Å². The summed E-state index contributed by atoms with van der Waals surface area (Å²) in [5.74, 6) is 0. The minimum Gasteiger partial charge on any atom is -0.309 e.